The van der Waals surface area contributed by atoms with Crippen molar-refractivity contribution in [1.82, 2.24) is 4.98 Å². The SMILES string of the molecule is CO/N=C(/C)C1=NO[C@H](CNc2ncc(C(F)(F)F)cc2Cl)C1. The van der Waals surface area contributed by atoms with Crippen LogP contribution in [0.3, 0.4) is 0 Å². The summed E-state index contributed by atoms with van der Waals surface area (Å²) in [4.78, 5) is 13.6. The van der Waals surface area contributed by atoms with Gasteiger partial charge in [0.25, 0.3) is 0 Å². The Morgan fingerprint density at radius 2 is 2.30 bits per heavy atom. The van der Waals surface area contributed by atoms with Gasteiger partial charge in [-0.1, -0.05) is 21.9 Å². The van der Waals surface area contributed by atoms with E-state index in [0.717, 1.165) is 12.3 Å². The number of aromatic nitrogens is 1. The van der Waals surface area contributed by atoms with E-state index in [9.17, 15) is 13.2 Å². The number of hydrogen-bond acceptors (Lipinski definition) is 6. The first-order valence-corrected chi connectivity index (χ1v) is 6.96. The van der Waals surface area contributed by atoms with Crippen molar-refractivity contribution in [2.24, 2.45) is 10.3 Å². The molecule has 0 amide bonds. The Kier molecular flexibility index (Phi) is 5.30. The van der Waals surface area contributed by atoms with Gasteiger partial charge in [0.05, 0.1) is 17.1 Å². The molecule has 2 rings (SSSR count). The predicted octanol–water partition coefficient (Wildman–Crippen LogP) is 3.33. The van der Waals surface area contributed by atoms with Gasteiger partial charge in [0, 0.05) is 12.6 Å². The fourth-order valence-corrected chi connectivity index (χ4v) is 2.11. The minimum atomic E-state index is -4.48. The molecule has 1 aromatic rings. The minimum Gasteiger partial charge on any atom is -0.399 e. The van der Waals surface area contributed by atoms with Gasteiger partial charge in [0.2, 0.25) is 0 Å². The molecule has 10 heteroatoms. The van der Waals surface area contributed by atoms with Crippen LogP contribution in [-0.2, 0) is 15.9 Å². The molecule has 126 valence electrons. The molecule has 1 aliphatic rings. The molecule has 0 unspecified atom stereocenters. The number of hydrogen-bond donors (Lipinski definition) is 1. The molecule has 1 aromatic heterocycles. The Balaban J connectivity index is 1.92. The van der Waals surface area contributed by atoms with Crippen molar-refractivity contribution in [3.05, 3.63) is 22.8 Å². The van der Waals surface area contributed by atoms with E-state index in [-0.39, 0.29) is 23.5 Å². The number of nitrogens with one attached hydrogen (secondary N) is 1. The van der Waals surface area contributed by atoms with Crippen molar-refractivity contribution in [2.75, 3.05) is 19.0 Å². The van der Waals surface area contributed by atoms with Gasteiger partial charge < -0.3 is 15.0 Å². The van der Waals surface area contributed by atoms with Gasteiger partial charge in [-0.25, -0.2) is 4.98 Å². The molecule has 0 spiro atoms. The van der Waals surface area contributed by atoms with E-state index in [4.69, 9.17) is 16.4 Å². The number of anilines is 1. The Bertz CT molecular complexity index is 634. The van der Waals surface area contributed by atoms with Crippen LogP contribution in [0.25, 0.3) is 0 Å². The van der Waals surface area contributed by atoms with E-state index in [1.165, 1.54) is 7.11 Å². The highest BCUT2D eigenvalue weighted by atomic mass is 35.5. The second-order valence-electron chi connectivity index (χ2n) is 4.76. The Morgan fingerprint density at radius 1 is 1.57 bits per heavy atom. The van der Waals surface area contributed by atoms with Gasteiger partial charge in [-0.2, -0.15) is 13.2 Å². The molecule has 1 N–H and O–H groups in total. The van der Waals surface area contributed by atoms with E-state index >= 15 is 0 Å². The molecule has 0 aromatic carbocycles. The summed E-state index contributed by atoms with van der Waals surface area (Å²) in [6.45, 7) is 2.02. The van der Waals surface area contributed by atoms with Crippen molar-refractivity contribution >= 4 is 28.8 Å². The molecular weight excluding hydrogens is 337 g/mol. The molecule has 6 nitrogen and oxygen atoms in total. The first-order valence-electron chi connectivity index (χ1n) is 6.58. The van der Waals surface area contributed by atoms with Crippen LogP contribution in [0, 0.1) is 0 Å². The highest BCUT2D eigenvalue weighted by Crippen LogP contribution is 2.32. The van der Waals surface area contributed by atoms with Crippen molar-refractivity contribution in [2.45, 2.75) is 25.6 Å². The van der Waals surface area contributed by atoms with Gasteiger partial charge >= 0.3 is 6.18 Å². The van der Waals surface area contributed by atoms with E-state index in [0.29, 0.717) is 17.8 Å². The zero-order chi connectivity index (χ0) is 17.0. The molecule has 23 heavy (non-hydrogen) atoms. The van der Waals surface area contributed by atoms with E-state index in [1.54, 1.807) is 6.92 Å². The summed E-state index contributed by atoms with van der Waals surface area (Å²) in [5.74, 6) is 0.152. The number of rotatable bonds is 5. The third kappa shape index (κ3) is 4.47. The van der Waals surface area contributed by atoms with Gasteiger partial charge in [-0.3, -0.25) is 0 Å². The molecule has 2 heterocycles. The molecule has 0 saturated heterocycles. The average molecular weight is 351 g/mol. The summed E-state index contributed by atoms with van der Waals surface area (Å²) in [5, 5.41) is 10.4. The maximum atomic E-state index is 12.5. The summed E-state index contributed by atoms with van der Waals surface area (Å²) in [5.41, 5.74) is 0.341. The molecular formula is C13H14ClF3N4O2. The predicted molar refractivity (Wildman–Crippen MR) is 79.8 cm³/mol. The highest BCUT2D eigenvalue weighted by Gasteiger charge is 2.31. The molecule has 0 radical (unpaired) electrons. The third-order valence-corrected chi connectivity index (χ3v) is 3.33. The molecule has 0 fully saturated rings. The third-order valence-electron chi connectivity index (χ3n) is 3.04. The number of halogens is 4. The Hall–Kier alpha value is -2.03. The zero-order valence-electron chi connectivity index (χ0n) is 12.3. The molecule has 1 aliphatic heterocycles. The lowest BCUT2D eigenvalue weighted by atomic mass is 10.1. The molecule has 0 saturated carbocycles. The first-order chi connectivity index (χ1) is 10.8. The van der Waals surface area contributed by atoms with Crippen molar-refractivity contribution in [1.29, 1.82) is 0 Å². The number of oxime groups is 2. The second-order valence-corrected chi connectivity index (χ2v) is 5.17. The smallest absolute Gasteiger partial charge is 0.399 e. The van der Waals surface area contributed by atoms with E-state index in [2.05, 4.69) is 25.4 Å². The normalized spacial score (nSPS) is 18.4. The fourth-order valence-electron chi connectivity index (χ4n) is 1.87. The van der Waals surface area contributed by atoms with Gasteiger partial charge in [0.15, 0.2) is 0 Å². The van der Waals surface area contributed by atoms with Crippen molar-refractivity contribution in [3.8, 4) is 0 Å². The summed E-state index contributed by atoms with van der Waals surface area (Å²) in [6.07, 6.45) is -3.57. The van der Waals surface area contributed by atoms with Crippen molar-refractivity contribution < 1.29 is 22.8 Å². The van der Waals surface area contributed by atoms with Crippen LogP contribution in [-0.4, -0.2) is 36.2 Å². The Morgan fingerprint density at radius 3 is 2.91 bits per heavy atom. The van der Waals surface area contributed by atoms with Crippen LogP contribution >= 0.6 is 11.6 Å². The maximum absolute atomic E-state index is 12.5. The number of alkyl halides is 3. The standard InChI is InChI=1S/C13H14ClF3N4O2/c1-7(20-22-2)11-4-9(23-21-11)6-19-12-10(14)3-8(5-18-12)13(15,16)17/h3,5,9H,4,6H2,1-2H3,(H,18,19)/b20-7-/t9-/m0/s1. The van der Waals surface area contributed by atoms with Gasteiger partial charge in [-0.15, -0.1) is 0 Å². The lowest BCUT2D eigenvalue weighted by Crippen LogP contribution is -2.22. The lowest BCUT2D eigenvalue weighted by molar-refractivity contribution is -0.137. The fraction of sp³-hybridized carbons (Fsp3) is 0.462. The molecule has 0 bridgehead atoms. The number of nitrogens with zero attached hydrogens (tertiary/aromatic N) is 3. The molecule has 0 aliphatic carbocycles. The maximum Gasteiger partial charge on any atom is 0.417 e. The van der Waals surface area contributed by atoms with Gasteiger partial charge in [0.1, 0.15) is 30.5 Å². The van der Waals surface area contributed by atoms with Crippen LogP contribution in [0.4, 0.5) is 19.0 Å². The largest absolute Gasteiger partial charge is 0.417 e. The minimum absolute atomic E-state index is 0.115. The topological polar surface area (TPSA) is 68.1 Å². The molecule has 1 atom stereocenters. The zero-order valence-corrected chi connectivity index (χ0v) is 13.1. The van der Waals surface area contributed by atoms with Gasteiger partial charge in [-0.05, 0) is 13.0 Å². The van der Waals surface area contributed by atoms with Crippen LogP contribution in [0.15, 0.2) is 22.6 Å². The van der Waals surface area contributed by atoms with Crippen LogP contribution in [0.5, 0.6) is 0 Å². The first kappa shape index (κ1) is 17.3. The number of pyridine rings is 1. The average Bonchev–Trinajstić information content (AvgIpc) is 2.94. The summed E-state index contributed by atoms with van der Waals surface area (Å²) in [6, 6.07) is 0.823. The lowest BCUT2D eigenvalue weighted by Gasteiger charge is -2.13. The van der Waals surface area contributed by atoms with Crippen LogP contribution < -0.4 is 5.32 Å². The quantitative estimate of drug-likeness (QED) is 0.653. The monoisotopic (exact) mass is 350 g/mol. The summed E-state index contributed by atoms with van der Waals surface area (Å²) in [7, 11) is 1.43. The highest BCUT2D eigenvalue weighted by molar-refractivity contribution is 6.41. The van der Waals surface area contributed by atoms with Crippen LogP contribution in [0.1, 0.15) is 18.9 Å². The summed E-state index contributed by atoms with van der Waals surface area (Å²) < 4.78 is 37.6. The van der Waals surface area contributed by atoms with E-state index in [1.807, 2.05) is 0 Å². The van der Waals surface area contributed by atoms with Crippen LogP contribution in [0.2, 0.25) is 5.02 Å². The Labute approximate surface area is 135 Å². The van der Waals surface area contributed by atoms with E-state index < -0.39 is 11.7 Å². The second kappa shape index (κ2) is 7.03. The van der Waals surface area contributed by atoms with Crippen molar-refractivity contribution in [3.63, 3.8) is 0 Å². The summed E-state index contributed by atoms with van der Waals surface area (Å²) >= 11 is 5.81.